The summed E-state index contributed by atoms with van der Waals surface area (Å²) in [6, 6.07) is 5.78. The molecule has 0 amide bonds. The summed E-state index contributed by atoms with van der Waals surface area (Å²) in [6.07, 6.45) is 15.0. The maximum Gasteiger partial charge on any atom is 0.124 e. The molecule has 0 spiro atoms. The van der Waals surface area contributed by atoms with Crippen LogP contribution in [0.4, 0.5) is 0 Å². The van der Waals surface area contributed by atoms with E-state index in [1.54, 1.807) is 12.1 Å². The van der Waals surface area contributed by atoms with Crippen LogP contribution < -0.4 is 0 Å². The first-order chi connectivity index (χ1) is 15.2. The highest BCUT2D eigenvalue weighted by molar-refractivity contribution is 7.85. The fourth-order valence-electron chi connectivity index (χ4n) is 3.98. The second kappa shape index (κ2) is 18.8. The van der Waals surface area contributed by atoms with Crippen molar-refractivity contribution >= 4 is 21.7 Å². The van der Waals surface area contributed by atoms with E-state index in [1.165, 1.54) is 113 Å². The molecule has 0 bridgehead atoms. The third-order valence-electron chi connectivity index (χ3n) is 6.03. The van der Waals surface area contributed by atoms with Gasteiger partial charge in [0, 0.05) is 5.88 Å². The first kappa shape index (κ1) is 31.4. The van der Waals surface area contributed by atoms with Gasteiger partial charge in [-0.15, -0.1) is 11.6 Å². The number of unbranched alkanes of at least 4 members (excludes halogenated alkanes) is 7. The van der Waals surface area contributed by atoms with Crippen molar-refractivity contribution in [1.82, 2.24) is 0 Å². The average molecular weight is 490 g/mol. The monoisotopic (exact) mass is 489 g/mol. The minimum atomic E-state index is -4.27. The van der Waals surface area contributed by atoms with E-state index in [1.807, 2.05) is 6.92 Å². The zero-order chi connectivity index (χ0) is 24.3. The van der Waals surface area contributed by atoms with Crippen molar-refractivity contribution < 1.29 is 17.5 Å². The number of halogens is 1. The van der Waals surface area contributed by atoms with Crippen molar-refractivity contribution in [2.45, 2.75) is 103 Å². The summed E-state index contributed by atoms with van der Waals surface area (Å²) in [4.78, 5) is -0.178. The predicted octanol–water partition coefficient (Wildman–Crippen LogP) is 7.29. The average Bonchev–Trinajstić information content (AvgIpc) is 2.76. The molecule has 0 aliphatic carbocycles. The number of hydrogen-bond donors (Lipinski definition) is 0. The summed E-state index contributed by atoms with van der Waals surface area (Å²) in [5.41, 5.74) is 0.928. The molecule has 188 valence electrons. The topological polar surface area (TPSA) is 57.2 Å². The fraction of sp³-hybridized carbons (Fsp3) is 0.769. The van der Waals surface area contributed by atoms with Crippen LogP contribution in [0, 0.1) is 6.92 Å². The molecule has 0 saturated heterocycles. The van der Waals surface area contributed by atoms with Crippen LogP contribution in [0.3, 0.4) is 0 Å². The second-order valence-electron chi connectivity index (χ2n) is 9.02. The summed E-state index contributed by atoms with van der Waals surface area (Å²) in [5, 5.41) is 0. The summed E-state index contributed by atoms with van der Waals surface area (Å²) >= 11 is 5.90. The van der Waals surface area contributed by atoms with Crippen LogP contribution >= 0.6 is 11.6 Å². The van der Waals surface area contributed by atoms with Gasteiger partial charge in [0.05, 0.1) is 31.1 Å². The lowest BCUT2D eigenvalue weighted by molar-refractivity contribution is -0.929. The molecule has 32 heavy (non-hydrogen) atoms. The third-order valence-corrected chi connectivity index (χ3v) is 7.15. The molecule has 1 rings (SSSR count). The molecule has 6 heteroatoms. The normalized spacial score (nSPS) is 13.3. The highest BCUT2D eigenvalue weighted by Gasteiger charge is 2.25. The molecule has 1 aromatic rings. The van der Waals surface area contributed by atoms with Gasteiger partial charge in [-0.1, -0.05) is 64.2 Å². The van der Waals surface area contributed by atoms with E-state index < -0.39 is 10.1 Å². The van der Waals surface area contributed by atoms with Gasteiger partial charge in [-0.05, 0) is 64.0 Å². The molecule has 0 saturated carbocycles. The largest absolute Gasteiger partial charge is 0.744 e. The Bertz CT molecular complexity index is 652. The standard InChI is InChI=1S/C19H41ClN.C7H8O3S/c1-4-7-10-13-18-21(16-9-6-3,17-12-8-5-2)19-14-11-15-20;1-6-2-4-7(5-3-6)11(8,9)10/h4-19H2,1-3H3;2-5H,1H3,(H,8,9,10)/q+1;/p-1. The Balaban J connectivity index is 0.000000726. The molecule has 0 aliphatic rings. The molecule has 0 N–H and O–H groups in total. The molecule has 1 aromatic carbocycles. The van der Waals surface area contributed by atoms with Gasteiger partial charge in [-0.2, -0.15) is 0 Å². The van der Waals surface area contributed by atoms with Crippen molar-refractivity contribution in [3.05, 3.63) is 29.8 Å². The van der Waals surface area contributed by atoms with E-state index in [9.17, 15) is 13.0 Å². The van der Waals surface area contributed by atoms with Crippen molar-refractivity contribution in [1.29, 1.82) is 0 Å². The number of rotatable bonds is 17. The van der Waals surface area contributed by atoms with Gasteiger partial charge in [0.15, 0.2) is 0 Å². The van der Waals surface area contributed by atoms with Crippen LogP contribution in [0.5, 0.6) is 0 Å². The van der Waals surface area contributed by atoms with Crippen molar-refractivity contribution in [3.8, 4) is 0 Å². The Morgan fingerprint density at radius 2 is 1.16 bits per heavy atom. The lowest BCUT2D eigenvalue weighted by Gasteiger charge is -2.39. The zero-order valence-corrected chi connectivity index (χ0v) is 22.7. The third kappa shape index (κ3) is 15.3. The number of hydrogen-bond acceptors (Lipinski definition) is 3. The van der Waals surface area contributed by atoms with E-state index in [0.29, 0.717) is 0 Å². The van der Waals surface area contributed by atoms with Gasteiger partial charge in [0.2, 0.25) is 0 Å². The van der Waals surface area contributed by atoms with Gasteiger partial charge in [0.25, 0.3) is 0 Å². The first-order valence-corrected chi connectivity index (χ1v) is 14.6. The Hall–Kier alpha value is -0.620. The summed E-state index contributed by atoms with van der Waals surface area (Å²) in [7, 11) is -4.27. The first-order valence-electron chi connectivity index (χ1n) is 12.7. The summed E-state index contributed by atoms with van der Waals surface area (Å²) < 4.78 is 32.5. The predicted molar refractivity (Wildman–Crippen MR) is 137 cm³/mol. The van der Waals surface area contributed by atoms with Gasteiger partial charge in [-0.25, -0.2) is 8.42 Å². The van der Waals surface area contributed by atoms with Crippen LogP contribution in [0.1, 0.15) is 97.0 Å². The maximum atomic E-state index is 10.4. The minimum Gasteiger partial charge on any atom is -0.744 e. The minimum absolute atomic E-state index is 0.178. The van der Waals surface area contributed by atoms with Crippen LogP contribution in [0.25, 0.3) is 0 Å². The number of quaternary nitrogens is 1. The van der Waals surface area contributed by atoms with Crippen LogP contribution in [-0.4, -0.2) is 49.5 Å². The molecule has 0 heterocycles. The molecule has 0 aliphatic heterocycles. The van der Waals surface area contributed by atoms with Gasteiger partial charge in [0.1, 0.15) is 10.1 Å². The van der Waals surface area contributed by atoms with Gasteiger partial charge >= 0.3 is 0 Å². The number of benzene rings is 1. The van der Waals surface area contributed by atoms with Crippen molar-refractivity contribution in [2.24, 2.45) is 0 Å². The summed E-state index contributed by atoms with van der Waals surface area (Å²) in [5.74, 6) is 0.832. The fourth-order valence-corrected chi connectivity index (χ4v) is 4.64. The Morgan fingerprint density at radius 3 is 1.62 bits per heavy atom. The van der Waals surface area contributed by atoms with Crippen LogP contribution in [0.15, 0.2) is 29.2 Å². The molecular weight excluding hydrogens is 442 g/mol. The highest BCUT2D eigenvalue weighted by Crippen LogP contribution is 2.18. The molecular formula is C26H48ClNO3S. The molecule has 0 aromatic heterocycles. The Labute approximate surface area is 204 Å². The molecule has 0 fully saturated rings. The lowest BCUT2D eigenvalue weighted by Crippen LogP contribution is -2.50. The Morgan fingerprint density at radius 1 is 0.719 bits per heavy atom. The number of alkyl halides is 1. The van der Waals surface area contributed by atoms with Crippen LogP contribution in [-0.2, 0) is 10.1 Å². The van der Waals surface area contributed by atoms with E-state index in [2.05, 4.69) is 20.8 Å². The van der Waals surface area contributed by atoms with E-state index in [0.717, 1.165) is 11.4 Å². The maximum absolute atomic E-state index is 10.4. The smallest absolute Gasteiger partial charge is 0.124 e. The van der Waals surface area contributed by atoms with E-state index in [4.69, 9.17) is 11.6 Å². The Kier molecular flexibility index (Phi) is 18.4. The molecule has 4 nitrogen and oxygen atoms in total. The SMILES string of the molecule is CCCCCC[N+](CCCC)(CCCCC)CCCCCl.Cc1ccc(S(=O)(=O)[O-])cc1. The van der Waals surface area contributed by atoms with E-state index in [-0.39, 0.29) is 4.90 Å². The molecule has 1 atom stereocenters. The van der Waals surface area contributed by atoms with Crippen molar-refractivity contribution in [3.63, 3.8) is 0 Å². The quantitative estimate of drug-likeness (QED) is 0.0998. The highest BCUT2D eigenvalue weighted by atomic mass is 35.5. The van der Waals surface area contributed by atoms with Crippen LogP contribution in [0.2, 0.25) is 0 Å². The number of nitrogens with zero attached hydrogens (tertiary/aromatic N) is 1. The second-order valence-corrected chi connectivity index (χ2v) is 10.8. The molecule has 0 radical (unpaired) electrons. The number of aryl methyl sites for hydroxylation is 1. The van der Waals surface area contributed by atoms with Gasteiger partial charge < -0.3 is 9.04 Å². The van der Waals surface area contributed by atoms with Crippen molar-refractivity contribution in [2.75, 3.05) is 32.1 Å². The van der Waals surface area contributed by atoms with E-state index >= 15 is 0 Å². The van der Waals surface area contributed by atoms with Gasteiger partial charge in [-0.3, -0.25) is 0 Å². The zero-order valence-electron chi connectivity index (χ0n) is 21.1. The molecule has 1 unspecified atom stereocenters. The lowest BCUT2D eigenvalue weighted by atomic mass is 10.1. The summed E-state index contributed by atoms with van der Waals surface area (Å²) in [6.45, 7) is 14.3.